The highest BCUT2D eigenvalue weighted by Crippen LogP contribution is 2.17. The minimum absolute atomic E-state index is 0.0148. The predicted molar refractivity (Wildman–Crippen MR) is 74.3 cm³/mol. The summed E-state index contributed by atoms with van der Waals surface area (Å²) in [6, 6.07) is 5.54. The van der Waals surface area contributed by atoms with Gasteiger partial charge in [0, 0.05) is 18.9 Å². The number of nitrogens with one attached hydrogen (secondary N) is 1. The molecule has 1 amide bonds. The van der Waals surface area contributed by atoms with Gasteiger partial charge in [-0.25, -0.2) is 13.4 Å². The Hall–Kier alpha value is -1.89. The number of carbonyl (C=O) groups excluding carboxylic acids is 1. The van der Waals surface area contributed by atoms with E-state index in [1.165, 1.54) is 0 Å². The van der Waals surface area contributed by atoms with E-state index in [1.54, 1.807) is 10.6 Å². The fourth-order valence-electron chi connectivity index (χ4n) is 2.40. The van der Waals surface area contributed by atoms with Crippen molar-refractivity contribution in [3.05, 3.63) is 36.3 Å². The van der Waals surface area contributed by atoms with Gasteiger partial charge in [0.25, 0.3) is 5.91 Å². The zero-order valence-corrected chi connectivity index (χ0v) is 11.6. The van der Waals surface area contributed by atoms with Gasteiger partial charge in [0.05, 0.1) is 11.5 Å². The monoisotopic (exact) mass is 293 g/mol. The summed E-state index contributed by atoms with van der Waals surface area (Å²) in [7, 11) is -2.90. The normalized spacial score (nSPS) is 21.1. The average molecular weight is 293 g/mol. The number of imidazole rings is 1. The largest absolute Gasteiger partial charge is 0.350 e. The van der Waals surface area contributed by atoms with Crippen molar-refractivity contribution in [1.29, 1.82) is 0 Å². The maximum absolute atomic E-state index is 12.0. The van der Waals surface area contributed by atoms with E-state index in [0.717, 1.165) is 0 Å². The van der Waals surface area contributed by atoms with Gasteiger partial charge in [0.1, 0.15) is 11.3 Å². The molecule has 6 nitrogen and oxygen atoms in total. The van der Waals surface area contributed by atoms with E-state index in [9.17, 15) is 13.2 Å². The highest BCUT2D eigenvalue weighted by atomic mass is 32.2. The van der Waals surface area contributed by atoms with Crippen molar-refractivity contribution in [3.8, 4) is 0 Å². The molecule has 7 heteroatoms. The van der Waals surface area contributed by atoms with Gasteiger partial charge < -0.3 is 9.72 Å². The van der Waals surface area contributed by atoms with E-state index < -0.39 is 9.84 Å². The minimum atomic E-state index is -2.90. The van der Waals surface area contributed by atoms with E-state index in [4.69, 9.17) is 0 Å². The van der Waals surface area contributed by atoms with Gasteiger partial charge >= 0.3 is 0 Å². The van der Waals surface area contributed by atoms with Crippen molar-refractivity contribution in [2.24, 2.45) is 5.92 Å². The number of aromatic nitrogens is 2. The minimum Gasteiger partial charge on any atom is -0.350 e. The molecule has 0 radical (unpaired) electrons. The first-order valence-corrected chi connectivity index (χ1v) is 8.28. The van der Waals surface area contributed by atoms with Crippen molar-refractivity contribution in [2.45, 2.75) is 6.42 Å². The Kier molecular flexibility index (Phi) is 3.21. The van der Waals surface area contributed by atoms with E-state index >= 15 is 0 Å². The van der Waals surface area contributed by atoms with Crippen LogP contribution < -0.4 is 5.32 Å². The summed E-state index contributed by atoms with van der Waals surface area (Å²) in [6.45, 7) is 0.381. The van der Waals surface area contributed by atoms with Crippen LogP contribution in [0.4, 0.5) is 0 Å². The first-order chi connectivity index (χ1) is 9.53. The molecule has 0 bridgehead atoms. The molecule has 2 aromatic rings. The molecule has 0 spiro atoms. The first kappa shape index (κ1) is 13.1. The second-order valence-corrected chi connectivity index (χ2v) is 7.30. The second-order valence-electron chi connectivity index (χ2n) is 5.07. The lowest BCUT2D eigenvalue weighted by molar-refractivity contribution is 0.0944. The number of carbonyl (C=O) groups is 1. The third-order valence-electron chi connectivity index (χ3n) is 3.47. The lowest BCUT2D eigenvalue weighted by Gasteiger charge is -2.07. The number of hydrogen-bond donors (Lipinski definition) is 1. The van der Waals surface area contributed by atoms with Crippen molar-refractivity contribution < 1.29 is 13.2 Å². The summed E-state index contributed by atoms with van der Waals surface area (Å²) in [5.74, 6) is 0.138. The summed E-state index contributed by atoms with van der Waals surface area (Å²) in [5.41, 5.74) is 1.05. The maximum Gasteiger partial charge on any atom is 0.271 e. The van der Waals surface area contributed by atoms with Crippen LogP contribution in [0.1, 0.15) is 16.9 Å². The number of sulfone groups is 1. The Morgan fingerprint density at radius 3 is 3.00 bits per heavy atom. The molecule has 2 aromatic heterocycles. The third kappa shape index (κ3) is 2.67. The number of pyridine rings is 1. The lowest BCUT2D eigenvalue weighted by Crippen LogP contribution is -2.30. The van der Waals surface area contributed by atoms with Crippen LogP contribution in [-0.4, -0.2) is 41.8 Å². The van der Waals surface area contributed by atoms with Gasteiger partial charge in [-0.1, -0.05) is 6.07 Å². The van der Waals surface area contributed by atoms with E-state index in [0.29, 0.717) is 24.3 Å². The van der Waals surface area contributed by atoms with E-state index in [1.807, 2.05) is 24.4 Å². The third-order valence-corrected chi connectivity index (χ3v) is 5.31. The molecule has 106 valence electrons. The number of nitrogens with zero attached hydrogens (tertiary/aromatic N) is 2. The van der Waals surface area contributed by atoms with Gasteiger partial charge in [-0.2, -0.15) is 0 Å². The van der Waals surface area contributed by atoms with Crippen LogP contribution >= 0.6 is 0 Å². The van der Waals surface area contributed by atoms with Gasteiger partial charge in [-0.15, -0.1) is 0 Å². The van der Waals surface area contributed by atoms with Gasteiger partial charge in [-0.05, 0) is 24.5 Å². The van der Waals surface area contributed by atoms with Crippen LogP contribution in [-0.2, 0) is 9.84 Å². The topological polar surface area (TPSA) is 80.5 Å². The van der Waals surface area contributed by atoms with Gasteiger partial charge in [0.15, 0.2) is 9.84 Å². The summed E-state index contributed by atoms with van der Waals surface area (Å²) < 4.78 is 24.5. The molecule has 1 saturated heterocycles. The van der Waals surface area contributed by atoms with Crippen LogP contribution in [0.25, 0.3) is 5.65 Å². The van der Waals surface area contributed by atoms with Crippen molar-refractivity contribution >= 4 is 21.4 Å². The van der Waals surface area contributed by atoms with Crippen LogP contribution in [0, 0.1) is 5.92 Å². The van der Waals surface area contributed by atoms with Crippen LogP contribution in [0.3, 0.4) is 0 Å². The Balaban J connectivity index is 1.65. The van der Waals surface area contributed by atoms with Crippen LogP contribution in [0.5, 0.6) is 0 Å². The zero-order chi connectivity index (χ0) is 14.2. The Bertz CT molecular complexity index is 718. The number of fused-ring (bicyclic) bond motifs is 1. The average Bonchev–Trinajstić information content (AvgIpc) is 2.99. The fraction of sp³-hybridized carbons (Fsp3) is 0.385. The number of amides is 1. The predicted octanol–water partition coefficient (Wildman–Crippen LogP) is 0.499. The Labute approximate surface area is 116 Å². The molecule has 0 aromatic carbocycles. The summed E-state index contributed by atoms with van der Waals surface area (Å²) >= 11 is 0. The Morgan fingerprint density at radius 1 is 1.45 bits per heavy atom. The molecule has 0 unspecified atom stereocenters. The smallest absolute Gasteiger partial charge is 0.271 e. The quantitative estimate of drug-likeness (QED) is 0.893. The standard InChI is InChI=1S/C13H15N3O3S/c17-13(14-7-10-4-6-20(18,19)9-10)11-8-16-5-2-1-3-12(16)15-11/h1-3,5,8,10H,4,6-7,9H2,(H,14,17)/t10-/m0/s1. The summed E-state index contributed by atoms with van der Waals surface area (Å²) in [5, 5.41) is 2.76. The SMILES string of the molecule is O=C(NC[C@@H]1CCS(=O)(=O)C1)c1cn2ccccc2n1. The molecule has 1 N–H and O–H groups in total. The molecule has 20 heavy (non-hydrogen) atoms. The molecule has 1 aliphatic rings. The van der Waals surface area contributed by atoms with E-state index in [-0.39, 0.29) is 23.3 Å². The van der Waals surface area contributed by atoms with Crippen molar-refractivity contribution in [1.82, 2.24) is 14.7 Å². The molecule has 3 rings (SSSR count). The fourth-order valence-corrected chi connectivity index (χ4v) is 4.27. The second kappa shape index (κ2) is 4.90. The Morgan fingerprint density at radius 2 is 2.30 bits per heavy atom. The first-order valence-electron chi connectivity index (χ1n) is 6.46. The van der Waals surface area contributed by atoms with Crippen LogP contribution in [0.15, 0.2) is 30.6 Å². The lowest BCUT2D eigenvalue weighted by atomic mass is 10.1. The van der Waals surface area contributed by atoms with Crippen molar-refractivity contribution in [3.63, 3.8) is 0 Å². The summed E-state index contributed by atoms with van der Waals surface area (Å²) in [4.78, 5) is 16.2. The highest BCUT2D eigenvalue weighted by Gasteiger charge is 2.28. The summed E-state index contributed by atoms with van der Waals surface area (Å²) in [6.07, 6.45) is 4.10. The van der Waals surface area contributed by atoms with Crippen LogP contribution in [0.2, 0.25) is 0 Å². The zero-order valence-electron chi connectivity index (χ0n) is 10.8. The number of rotatable bonds is 3. The maximum atomic E-state index is 12.0. The molecule has 3 heterocycles. The molecule has 0 aliphatic carbocycles. The number of hydrogen-bond acceptors (Lipinski definition) is 4. The molecule has 1 fully saturated rings. The molecule has 1 aliphatic heterocycles. The van der Waals surface area contributed by atoms with Gasteiger partial charge in [-0.3, -0.25) is 4.79 Å². The van der Waals surface area contributed by atoms with Crippen molar-refractivity contribution in [2.75, 3.05) is 18.1 Å². The van der Waals surface area contributed by atoms with E-state index in [2.05, 4.69) is 10.3 Å². The van der Waals surface area contributed by atoms with Gasteiger partial charge in [0.2, 0.25) is 0 Å². The molecular weight excluding hydrogens is 278 g/mol. The molecule has 1 atom stereocenters. The highest BCUT2D eigenvalue weighted by molar-refractivity contribution is 7.91. The molecule has 0 saturated carbocycles. The molecular formula is C13H15N3O3S.